The van der Waals surface area contributed by atoms with Crippen LogP contribution in [0.3, 0.4) is 0 Å². The lowest BCUT2D eigenvalue weighted by molar-refractivity contribution is 0.797. The molecular weight excluding hydrogens is 126 g/mol. The van der Waals surface area contributed by atoms with E-state index in [9.17, 15) is 0 Å². The van der Waals surface area contributed by atoms with E-state index < -0.39 is 0 Å². The SMILES string of the molecule is CC[C@@H](C=N)c1nc[c][nH]1. The molecule has 3 nitrogen and oxygen atoms in total. The molecule has 1 heterocycles. The zero-order valence-electron chi connectivity index (χ0n) is 5.89. The van der Waals surface area contributed by atoms with Gasteiger partial charge in [0.25, 0.3) is 0 Å². The van der Waals surface area contributed by atoms with Gasteiger partial charge in [-0.2, -0.15) is 0 Å². The minimum absolute atomic E-state index is 0.131. The number of aromatic amines is 1. The Labute approximate surface area is 60.0 Å². The summed E-state index contributed by atoms with van der Waals surface area (Å²) in [7, 11) is 0. The first-order valence-corrected chi connectivity index (χ1v) is 3.30. The summed E-state index contributed by atoms with van der Waals surface area (Å²) in [5.74, 6) is 0.962. The minimum Gasteiger partial charge on any atom is -0.340 e. The van der Waals surface area contributed by atoms with Gasteiger partial charge in [0, 0.05) is 6.21 Å². The Morgan fingerprint density at radius 1 is 2.00 bits per heavy atom. The highest BCUT2D eigenvalue weighted by molar-refractivity contribution is 5.62. The molecule has 1 aromatic heterocycles. The Morgan fingerprint density at radius 2 is 2.80 bits per heavy atom. The number of rotatable bonds is 3. The minimum atomic E-state index is 0.131. The van der Waals surface area contributed by atoms with E-state index in [4.69, 9.17) is 5.41 Å². The molecule has 0 aliphatic carbocycles. The summed E-state index contributed by atoms with van der Waals surface area (Å²) < 4.78 is 0. The lowest BCUT2D eigenvalue weighted by Gasteiger charge is -2.02. The molecular formula is C7H10N3. The van der Waals surface area contributed by atoms with Crippen molar-refractivity contribution in [3.8, 4) is 0 Å². The summed E-state index contributed by atoms with van der Waals surface area (Å²) in [6.07, 6.45) is 6.63. The molecule has 1 radical (unpaired) electrons. The first-order chi connectivity index (χ1) is 4.88. The van der Waals surface area contributed by atoms with Gasteiger partial charge in [-0.1, -0.05) is 6.92 Å². The summed E-state index contributed by atoms with van der Waals surface area (Å²) in [4.78, 5) is 6.85. The number of nitrogens with zero attached hydrogens (tertiary/aromatic N) is 1. The largest absolute Gasteiger partial charge is 0.340 e. The fraction of sp³-hybridized carbons (Fsp3) is 0.429. The van der Waals surface area contributed by atoms with Crippen LogP contribution < -0.4 is 0 Å². The molecule has 0 spiro atoms. The lowest BCUT2D eigenvalue weighted by atomic mass is 10.1. The molecule has 2 N–H and O–H groups in total. The predicted octanol–water partition coefficient (Wildman–Crippen LogP) is 1.35. The lowest BCUT2D eigenvalue weighted by Crippen LogP contribution is -1.99. The molecule has 0 amide bonds. The molecule has 0 bridgehead atoms. The Balaban J connectivity index is 2.73. The second-order valence-electron chi connectivity index (χ2n) is 2.09. The van der Waals surface area contributed by atoms with E-state index in [0.717, 1.165) is 12.2 Å². The van der Waals surface area contributed by atoms with Crippen LogP contribution in [0.25, 0.3) is 0 Å². The molecule has 1 atom stereocenters. The number of hydrogen-bond donors (Lipinski definition) is 2. The van der Waals surface area contributed by atoms with E-state index in [0.29, 0.717) is 0 Å². The van der Waals surface area contributed by atoms with Crippen LogP contribution in [0.1, 0.15) is 25.1 Å². The number of hydrogen-bond acceptors (Lipinski definition) is 2. The quantitative estimate of drug-likeness (QED) is 0.605. The van der Waals surface area contributed by atoms with Gasteiger partial charge in [0.1, 0.15) is 5.82 Å². The van der Waals surface area contributed by atoms with E-state index in [-0.39, 0.29) is 5.92 Å². The summed E-state index contributed by atoms with van der Waals surface area (Å²) >= 11 is 0. The zero-order chi connectivity index (χ0) is 7.40. The van der Waals surface area contributed by atoms with Gasteiger partial charge < -0.3 is 10.4 Å². The maximum absolute atomic E-state index is 7.04. The Morgan fingerprint density at radius 3 is 3.20 bits per heavy atom. The van der Waals surface area contributed by atoms with Crippen LogP contribution in [-0.2, 0) is 0 Å². The average Bonchev–Trinajstić information content (AvgIpc) is 2.43. The molecule has 0 aliphatic heterocycles. The van der Waals surface area contributed by atoms with Crippen molar-refractivity contribution in [3.05, 3.63) is 18.2 Å². The summed E-state index contributed by atoms with van der Waals surface area (Å²) in [5, 5.41) is 7.04. The molecule has 10 heavy (non-hydrogen) atoms. The summed E-state index contributed by atoms with van der Waals surface area (Å²) in [6, 6.07) is 0. The van der Waals surface area contributed by atoms with Crippen molar-refractivity contribution in [1.82, 2.24) is 9.97 Å². The standard InChI is InChI=1S/C7H10N3/c1-2-6(5-8)7-9-3-4-10-7/h3,5-6,8H,2H2,1H3,(H,9,10)/t6-/m0/s1. The van der Waals surface area contributed by atoms with E-state index in [2.05, 4.69) is 16.2 Å². The van der Waals surface area contributed by atoms with Crippen LogP contribution in [-0.4, -0.2) is 16.2 Å². The second-order valence-corrected chi connectivity index (χ2v) is 2.09. The van der Waals surface area contributed by atoms with Crippen molar-refractivity contribution in [2.24, 2.45) is 0 Å². The number of nitrogens with one attached hydrogen (secondary N) is 2. The van der Waals surface area contributed by atoms with Crippen LogP contribution in [0.4, 0.5) is 0 Å². The first kappa shape index (κ1) is 6.99. The van der Waals surface area contributed by atoms with E-state index in [1.54, 1.807) is 6.20 Å². The third kappa shape index (κ3) is 1.23. The molecule has 1 rings (SSSR count). The van der Waals surface area contributed by atoms with E-state index >= 15 is 0 Å². The molecule has 0 aromatic carbocycles. The zero-order valence-corrected chi connectivity index (χ0v) is 5.89. The number of aromatic nitrogens is 2. The maximum atomic E-state index is 7.04. The molecule has 1 aromatic rings. The van der Waals surface area contributed by atoms with Crippen LogP contribution in [0.2, 0.25) is 0 Å². The third-order valence-corrected chi connectivity index (χ3v) is 1.46. The van der Waals surface area contributed by atoms with Crippen LogP contribution in [0, 0.1) is 11.6 Å². The van der Waals surface area contributed by atoms with Gasteiger partial charge in [-0.15, -0.1) is 0 Å². The molecule has 0 aliphatic rings. The van der Waals surface area contributed by atoms with Gasteiger partial charge >= 0.3 is 0 Å². The van der Waals surface area contributed by atoms with Crippen molar-refractivity contribution in [3.63, 3.8) is 0 Å². The normalized spacial score (nSPS) is 12.9. The van der Waals surface area contributed by atoms with Crippen molar-refractivity contribution >= 4 is 6.21 Å². The van der Waals surface area contributed by atoms with Crippen molar-refractivity contribution in [1.29, 1.82) is 5.41 Å². The van der Waals surface area contributed by atoms with Crippen molar-refractivity contribution in [2.75, 3.05) is 0 Å². The fourth-order valence-electron chi connectivity index (χ4n) is 0.819. The van der Waals surface area contributed by atoms with Gasteiger partial charge in [-0.05, 0) is 6.42 Å². The van der Waals surface area contributed by atoms with Crippen LogP contribution >= 0.6 is 0 Å². The smallest absolute Gasteiger partial charge is 0.115 e. The third-order valence-electron chi connectivity index (χ3n) is 1.46. The highest BCUT2D eigenvalue weighted by Crippen LogP contribution is 2.10. The first-order valence-electron chi connectivity index (χ1n) is 3.30. The summed E-state index contributed by atoms with van der Waals surface area (Å²) in [5.41, 5.74) is 0. The summed E-state index contributed by atoms with van der Waals surface area (Å²) in [6.45, 7) is 2.03. The fourth-order valence-corrected chi connectivity index (χ4v) is 0.819. The molecule has 3 heteroatoms. The highest BCUT2D eigenvalue weighted by Gasteiger charge is 2.06. The average molecular weight is 136 g/mol. The Bertz CT molecular complexity index is 191. The molecule has 53 valence electrons. The second kappa shape index (κ2) is 3.15. The number of imidazole rings is 1. The van der Waals surface area contributed by atoms with Gasteiger partial charge in [-0.25, -0.2) is 4.98 Å². The molecule has 0 saturated carbocycles. The van der Waals surface area contributed by atoms with Crippen molar-refractivity contribution in [2.45, 2.75) is 19.3 Å². The van der Waals surface area contributed by atoms with Gasteiger partial charge in [0.2, 0.25) is 0 Å². The highest BCUT2D eigenvalue weighted by atomic mass is 14.9. The molecule has 0 fully saturated rings. The predicted molar refractivity (Wildman–Crippen MR) is 39.2 cm³/mol. The van der Waals surface area contributed by atoms with Crippen LogP contribution in [0.15, 0.2) is 6.20 Å². The maximum Gasteiger partial charge on any atom is 0.115 e. The van der Waals surface area contributed by atoms with Gasteiger partial charge in [0.15, 0.2) is 0 Å². The van der Waals surface area contributed by atoms with Gasteiger partial charge in [0.05, 0.1) is 18.3 Å². The van der Waals surface area contributed by atoms with E-state index in [1.165, 1.54) is 6.21 Å². The van der Waals surface area contributed by atoms with Crippen molar-refractivity contribution < 1.29 is 0 Å². The van der Waals surface area contributed by atoms with Crippen LogP contribution in [0.5, 0.6) is 0 Å². The Kier molecular flexibility index (Phi) is 2.20. The number of H-pyrrole nitrogens is 1. The Hall–Kier alpha value is -1.12. The van der Waals surface area contributed by atoms with E-state index in [1.807, 2.05) is 6.92 Å². The molecule has 0 unspecified atom stereocenters. The topological polar surface area (TPSA) is 52.5 Å². The monoisotopic (exact) mass is 136 g/mol. The van der Waals surface area contributed by atoms with Gasteiger partial charge in [-0.3, -0.25) is 0 Å². The molecule has 0 saturated heterocycles.